The number of nitrogens with zero attached hydrogens (tertiary/aromatic N) is 3. The van der Waals surface area contributed by atoms with E-state index in [9.17, 15) is 0 Å². The molecule has 2 aromatic rings. The molecule has 0 saturated carbocycles. The highest BCUT2D eigenvalue weighted by Gasteiger charge is 2.18. The molecule has 1 aliphatic rings. The highest BCUT2D eigenvalue weighted by atomic mass is 16.5. The van der Waals surface area contributed by atoms with Gasteiger partial charge >= 0.3 is 0 Å². The van der Waals surface area contributed by atoms with Crippen LogP contribution in [0.1, 0.15) is 5.89 Å². The molecule has 0 atom stereocenters. The molecule has 0 N–H and O–H groups in total. The third kappa shape index (κ3) is 4.35. The second kappa shape index (κ2) is 8.28. The summed E-state index contributed by atoms with van der Waals surface area (Å²) in [7, 11) is 3.41. The zero-order valence-electron chi connectivity index (χ0n) is 14.4. The molecule has 0 radical (unpaired) electrons. The average Bonchev–Trinajstić information content (AvgIpc) is 3.10. The van der Waals surface area contributed by atoms with E-state index in [1.165, 1.54) is 0 Å². The predicted octanol–water partition coefficient (Wildman–Crippen LogP) is 2.11. The standard InChI is InChI=1S/C18H25N3O3/c1-22-12-11-20-7-9-21(10-8-20)14-18-19-13-17(24-18)15-3-5-16(23-2)6-4-15/h3-6,13H,7-12,14H2,1-2H3. The monoisotopic (exact) mass is 331 g/mol. The number of hydrogen-bond donors (Lipinski definition) is 0. The molecule has 0 aliphatic carbocycles. The molecule has 0 bridgehead atoms. The smallest absolute Gasteiger partial charge is 0.209 e. The number of ether oxygens (including phenoxy) is 2. The first kappa shape index (κ1) is 17.0. The number of piperazine rings is 1. The number of oxazole rings is 1. The molecule has 130 valence electrons. The molecule has 0 unspecified atom stereocenters. The van der Waals surface area contributed by atoms with Gasteiger partial charge in [0.1, 0.15) is 5.75 Å². The molecule has 3 rings (SSSR count). The van der Waals surface area contributed by atoms with Crippen molar-refractivity contribution in [1.29, 1.82) is 0 Å². The van der Waals surface area contributed by atoms with Crippen LogP contribution in [0.25, 0.3) is 11.3 Å². The first-order chi connectivity index (χ1) is 11.8. The van der Waals surface area contributed by atoms with Crippen LogP contribution in [0, 0.1) is 0 Å². The molecule has 1 saturated heterocycles. The van der Waals surface area contributed by atoms with Gasteiger partial charge in [0.25, 0.3) is 0 Å². The third-order valence-corrected chi connectivity index (χ3v) is 4.36. The zero-order chi connectivity index (χ0) is 16.8. The molecule has 6 heteroatoms. The molecule has 1 aromatic heterocycles. The summed E-state index contributed by atoms with van der Waals surface area (Å²) in [6.45, 7) is 6.75. The topological polar surface area (TPSA) is 51.0 Å². The van der Waals surface area contributed by atoms with Crippen LogP contribution in [-0.2, 0) is 11.3 Å². The van der Waals surface area contributed by atoms with E-state index in [1.54, 1.807) is 20.4 Å². The Morgan fingerprint density at radius 2 is 1.75 bits per heavy atom. The minimum Gasteiger partial charge on any atom is -0.497 e. The third-order valence-electron chi connectivity index (χ3n) is 4.36. The van der Waals surface area contributed by atoms with Crippen molar-refractivity contribution >= 4 is 0 Å². The van der Waals surface area contributed by atoms with E-state index in [0.29, 0.717) is 0 Å². The van der Waals surface area contributed by atoms with Crippen LogP contribution < -0.4 is 4.74 Å². The molecule has 1 aromatic carbocycles. The Labute approximate surface area is 143 Å². The van der Waals surface area contributed by atoms with Crippen molar-refractivity contribution in [1.82, 2.24) is 14.8 Å². The summed E-state index contributed by atoms with van der Waals surface area (Å²) in [5.41, 5.74) is 1.01. The van der Waals surface area contributed by atoms with Gasteiger partial charge in [0.05, 0.1) is 26.5 Å². The van der Waals surface area contributed by atoms with Crippen LogP contribution in [0.5, 0.6) is 5.75 Å². The number of rotatable bonds is 7. The van der Waals surface area contributed by atoms with Crippen LogP contribution in [0.4, 0.5) is 0 Å². The lowest BCUT2D eigenvalue weighted by atomic mass is 10.2. The SMILES string of the molecule is COCCN1CCN(Cc2ncc(-c3ccc(OC)cc3)o2)CC1. The van der Waals surface area contributed by atoms with Crippen LogP contribution in [0.3, 0.4) is 0 Å². The van der Waals surface area contributed by atoms with Crippen molar-refractivity contribution in [2.75, 3.05) is 53.6 Å². The van der Waals surface area contributed by atoms with E-state index in [4.69, 9.17) is 13.9 Å². The predicted molar refractivity (Wildman–Crippen MR) is 92.1 cm³/mol. The van der Waals surface area contributed by atoms with Gasteiger partial charge < -0.3 is 13.9 Å². The Kier molecular flexibility index (Phi) is 5.85. The van der Waals surface area contributed by atoms with Crippen LogP contribution in [0.2, 0.25) is 0 Å². The lowest BCUT2D eigenvalue weighted by Crippen LogP contribution is -2.46. The van der Waals surface area contributed by atoms with Crippen molar-refractivity contribution in [2.45, 2.75) is 6.54 Å². The van der Waals surface area contributed by atoms with Gasteiger partial charge in [0.15, 0.2) is 5.76 Å². The number of aromatic nitrogens is 1. The maximum Gasteiger partial charge on any atom is 0.209 e. The highest BCUT2D eigenvalue weighted by molar-refractivity contribution is 5.57. The first-order valence-corrected chi connectivity index (χ1v) is 8.31. The molecule has 2 heterocycles. The van der Waals surface area contributed by atoms with Gasteiger partial charge in [-0.2, -0.15) is 0 Å². The molecule has 0 amide bonds. The normalized spacial score (nSPS) is 16.4. The van der Waals surface area contributed by atoms with Crippen LogP contribution >= 0.6 is 0 Å². The van der Waals surface area contributed by atoms with E-state index >= 15 is 0 Å². The molecule has 6 nitrogen and oxygen atoms in total. The summed E-state index contributed by atoms with van der Waals surface area (Å²) >= 11 is 0. The fourth-order valence-electron chi connectivity index (χ4n) is 2.85. The van der Waals surface area contributed by atoms with E-state index in [0.717, 1.165) is 68.8 Å². The molecule has 0 spiro atoms. The molecular formula is C18H25N3O3. The summed E-state index contributed by atoms with van der Waals surface area (Å²) in [5, 5.41) is 0. The Balaban J connectivity index is 1.53. The Hall–Kier alpha value is -1.89. The minimum absolute atomic E-state index is 0.758. The summed E-state index contributed by atoms with van der Waals surface area (Å²) in [6.07, 6.45) is 1.80. The van der Waals surface area contributed by atoms with Crippen LogP contribution in [-0.4, -0.2) is 68.3 Å². The van der Waals surface area contributed by atoms with Crippen molar-refractivity contribution in [2.24, 2.45) is 0 Å². The molecular weight excluding hydrogens is 306 g/mol. The molecule has 24 heavy (non-hydrogen) atoms. The second-order valence-corrected chi connectivity index (χ2v) is 5.96. The number of hydrogen-bond acceptors (Lipinski definition) is 6. The zero-order valence-corrected chi connectivity index (χ0v) is 14.4. The lowest BCUT2D eigenvalue weighted by molar-refractivity contribution is 0.0897. The maximum atomic E-state index is 5.91. The van der Waals surface area contributed by atoms with Crippen molar-refractivity contribution < 1.29 is 13.9 Å². The summed E-state index contributed by atoms with van der Waals surface area (Å²) < 4.78 is 16.2. The highest BCUT2D eigenvalue weighted by Crippen LogP contribution is 2.23. The van der Waals surface area contributed by atoms with E-state index in [1.807, 2.05) is 24.3 Å². The molecule has 1 fully saturated rings. The largest absolute Gasteiger partial charge is 0.497 e. The fourth-order valence-corrected chi connectivity index (χ4v) is 2.85. The quantitative estimate of drug-likeness (QED) is 0.774. The van der Waals surface area contributed by atoms with Gasteiger partial charge in [-0.25, -0.2) is 4.98 Å². The maximum absolute atomic E-state index is 5.91. The van der Waals surface area contributed by atoms with E-state index in [2.05, 4.69) is 14.8 Å². The second-order valence-electron chi connectivity index (χ2n) is 5.96. The fraction of sp³-hybridized carbons (Fsp3) is 0.500. The lowest BCUT2D eigenvalue weighted by Gasteiger charge is -2.33. The molecule has 1 aliphatic heterocycles. The van der Waals surface area contributed by atoms with Gasteiger partial charge in [-0.3, -0.25) is 9.80 Å². The van der Waals surface area contributed by atoms with Crippen molar-refractivity contribution in [3.63, 3.8) is 0 Å². The minimum atomic E-state index is 0.758. The number of methoxy groups -OCH3 is 2. The summed E-state index contributed by atoms with van der Waals surface area (Å²) in [4.78, 5) is 9.24. The first-order valence-electron chi connectivity index (χ1n) is 8.31. The Morgan fingerprint density at radius 1 is 1.04 bits per heavy atom. The van der Waals surface area contributed by atoms with E-state index < -0.39 is 0 Å². The number of benzene rings is 1. The average molecular weight is 331 g/mol. The van der Waals surface area contributed by atoms with Gasteiger partial charge in [0.2, 0.25) is 5.89 Å². The van der Waals surface area contributed by atoms with Crippen molar-refractivity contribution in [3.05, 3.63) is 36.4 Å². The summed E-state index contributed by atoms with van der Waals surface area (Å²) in [6, 6.07) is 7.82. The van der Waals surface area contributed by atoms with Gasteiger partial charge in [0, 0.05) is 45.4 Å². The Morgan fingerprint density at radius 3 is 2.42 bits per heavy atom. The summed E-state index contributed by atoms with van der Waals surface area (Å²) in [5.74, 6) is 2.40. The van der Waals surface area contributed by atoms with E-state index in [-0.39, 0.29) is 0 Å². The van der Waals surface area contributed by atoms with Gasteiger partial charge in [-0.05, 0) is 24.3 Å². The van der Waals surface area contributed by atoms with Crippen molar-refractivity contribution in [3.8, 4) is 17.1 Å². The van der Waals surface area contributed by atoms with Gasteiger partial charge in [-0.1, -0.05) is 0 Å². The van der Waals surface area contributed by atoms with Crippen LogP contribution in [0.15, 0.2) is 34.9 Å². The van der Waals surface area contributed by atoms with Gasteiger partial charge in [-0.15, -0.1) is 0 Å². The Bertz CT molecular complexity index is 619.